The van der Waals surface area contributed by atoms with Crippen LogP contribution in [0, 0.1) is 11.7 Å². The van der Waals surface area contributed by atoms with Gasteiger partial charge in [0.1, 0.15) is 0 Å². The summed E-state index contributed by atoms with van der Waals surface area (Å²) in [5.74, 6) is -0.356. The second-order valence-electron chi connectivity index (χ2n) is 6.50. The summed E-state index contributed by atoms with van der Waals surface area (Å²) < 4.78 is 45.9. The third kappa shape index (κ3) is 4.82. The SMILES string of the molecule is COc1ccc(S(=O)(=O)NCC2CCN(Cc3ccsc3)CC2)cc1F. The third-order valence-corrected chi connectivity index (χ3v) is 6.84. The molecule has 1 aliphatic heterocycles. The van der Waals surface area contributed by atoms with E-state index < -0.39 is 15.8 Å². The molecule has 2 heterocycles. The Labute approximate surface area is 157 Å². The molecule has 1 fully saturated rings. The monoisotopic (exact) mass is 398 g/mol. The lowest BCUT2D eigenvalue weighted by Gasteiger charge is -2.31. The molecular weight excluding hydrogens is 375 g/mol. The highest BCUT2D eigenvalue weighted by Gasteiger charge is 2.22. The summed E-state index contributed by atoms with van der Waals surface area (Å²) in [7, 11) is -2.38. The highest BCUT2D eigenvalue weighted by Crippen LogP contribution is 2.22. The minimum absolute atomic E-state index is 0.0296. The third-order valence-electron chi connectivity index (χ3n) is 4.69. The van der Waals surface area contributed by atoms with Gasteiger partial charge in [-0.1, -0.05) is 0 Å². The average molecular weight is 399 g/mol. The lowest BCUT2D eigenvalue weighted by molar-refractivity contribution is 0.179. The van der Waals surface area contributed by atoms with Gasteiger partial charge in [0.2, 0.25) is 10.0 Å². The normalized spacial score (nSPS) is 16.7. The van der Waals surface area contributed by atoms with Crippen LogP contribution in [-0.4, -0.2) is 40.1 Å². The summed E-state index contributed by atoms with van der Waals surface area (Å²) in [6.07, 6.45) is 1.90. The summed E-state index contributed by atoms with van der Waals surface area (Å²) in [5, 5.41) is 4.24. The van der Waals surface area contributed by atoms with E-state index in [-0.39, 0.29) is 10.6 Å². The maximum atomic E-state index is 13.8. The van der Waals surface area contributed by atoms with Gasteiger partial charge in [0, 0.05) is 13.1 Å². The van der Waals surface area contributed by atoms with Gasteiger partial charge < -0.3 is 4.74 Å². The number of rotatable bonds is 7. The Kier molecular flexibility index (Phi) is 6.29. The van der Waals surface area contributed by atoms with Gasteiger partial charge in [-0.05, 0) is 72.4 Å². The Balaban J connectivity index is 1.50. The topological polar surface area (TPSA) is 58.6 Å². The van der Waals surface area contributed by atoms with Crippen molar-refractivity contribution in [1.29, 1.82) is 0 Å². The van der Waals surface area contributed by atoms with Gasteiger partial charge in [-0.3, -0.25) is 4.90 Å². The smallest absolute Gasteiger partial charge is 0.240 e. The van der Waals surface area contributed by atoms with Crippen molar-refractivity contribution in [3.63, 3.8) is 0 Å². The van der Waals surface area contributed by atoms with Gasteiger partial charge in [-0.2, -0.15) is 11.3 Å². The van der Waals surface area contributed by atoms with Gasteiger partial charge in [0.15, 0.2) is 11.6 Å². The minimum atomic E-state index is -3.72. The Morgan fingerprint density at radius 2 is 2.08 bits per heavy atom. The van der Waals surface area contributed by atoms with Crippen molar-refractivity contribution in [2.45, 2.75) is 24.3 Å². The van der Waals surface area contributed by atoms with E-state index >= 15 is 0 Å². The molecule has 0 aliphatic carbocycles. The Morgan fingerprint density at radius 1 is 1.31 bits per heavy atom. The fourth-order valence-corrected chi connectivity index (χ4v) is 4.90. The lowest BCUT2D eigenvalue weighted by Crippen LogP contribution is -2.38. The standard InChI is InChI=1S/C18H23FN2O3S2/c1-24-18-3-2-16(10-17(18)19)26(22,23)20-11-14-4-7-21(8-5-14)12-15-6-9-25-13-15/h2-3,6,9-10,13-14,20H,4-5,7-8,11-12H2,1H3. The fourth-order valence-electron chi connectivity index (χ4n) is 3.11. The zero-order chi connectivity index (χ0) is 18.6. The molecule has 0 bridgehead atoms. The van der Waals surface area contributed by atoms with Gasteiger partial charge in [0.25, 0.3) is 0 Å². The summed E-state index contributed by atoms with van der Waals surface area (Å²) in [4.78, 5) is 2.32. The largest absolute Gasteiger partial charge is 0.494 e. The molecule has 1 N–H and O–H groups in total. The molecule has 0 radical (unpaired) electrons. The van der Waals surface area contributed by atoms with E-state index in [4.69, 9.17) is 4.74 Å². The second-order valence-corrected chi connectivity index (χ2v) is 9.05. The maximum Gasteiger partial charge on any atom is 0.240 e. The van der Waals surface area contributed by atoms with Crippen molar-refractivity contribution < 1.29 is 17.5 Å². The van der Waals surface area contributed by atoms with Crippen molar-refractivity contribution in [2.75, 3.05) is 26.7 Å². The predicted octanol–water partition coefficient (Wildman–Crippen LogP) is 3.09. The maximum absolute atomic E-state index is 13.8. The van der Waals surface area contributed by atoms with Crippen LogP contribution in [0.25, 0.3) is 0 Å². The van der Waals surface area contributed by atoms with Gasteiger partial charge >= 0.3 is 0 Å². The van der Waals surface area contributed by atoms with Crippen LogP contribution in [0.5, 0.6) is 5.75 Å². The van der Waals surface area contributed by atoms with Crippen LogP contribution >= 0.6 is 11.3 Å². The number of sulfonamides is 1. The lowest BCUT2D eigenvalue weighted by atomic mass is 9.97. The Morgan fingerprint density at radius 3 is 2.69 bits per heavy atom. The van der Waals surface area contributed by atoms with E-state index in [2.05, 4.69) is 26.4 Å². The summed E-state index contributed by atoms with van der Waals surface area (Å²) in [6.45, 7) is 3.24. The summed E-state index contributed by atoms with van der Waals surface area (Å²) >= 11 is 1.70. The van der Waals surface area contributed by atoms with Crippen LogP contribution in [-0.2, 0) is 16.6 Å². The number of benzene rings is 1. The molecule has 1 aromatic heterocycles. The molecule has 2 aromatic rings. The average Bonchev–Trinajstić information content (AvgIpc) is 3.14. The van der Waals surface area contributed by atoms with E-state index in [0.29, 0.717) is 12.5 Å². The Bertz CT molecular complexity index is 817. The molecule has 1 saturated heterocycles. The molecule has 1 aliphatic rings. The van der Waals surface area contributed by atoms with Crippen molar-refractivity contribution in [3.05, 3.63) is 46.4 Å². The highest BCUT2D eigenvalue weighted by molar-refractivity contribution is 7.89. The number of thiophene rings is 1. The zero-order valence-corrected chi connectivity index (χ0v) is 16.3. The zero-order valence-electron chi connectivity index (χ0n) is 14.7. The van der Waals surface area contributed by atoms with Gasteiger partial charge in [0.05, 0.1) is 12.0 Å². The van der Waals surface area contributed by atoms with Gasteiger partial charge in [-0.15, -0.1) is 0 Å². The number of halogens is 1. The Hall–Kier alpha value is -1.48. The molecule has 26 heavy (non-hydrogen) atoms. The number of nitrogens with one attached hydrogen (secondary N) is 1. The number of methoxy groups -OCH3 is 1. The molecule has 3 rings (SSSR count). The molecule has 1 aromatic carbocycles. The number of hydrogen-bond donors (Lipinski definition) is 1. The van der Waals surface area contributed by atoms with Crippen molar-refractivity contribution >= 4 is 21.4 Å². The number of likely N-dealkylation sites (tertiary alicyclic amines) is 1. The quantitative estimate of drug-likeness (QED) is 0.779. The number of piperidine rings is 1. The number of nitrogens with zero attached hydrogens (tertiary/aromatic N) is 1. The van der Waals surface area contributed by atoms with E-state index in [1.54, 1.807) is 11.3 Å². The molecule has 0 spiro atoms. The van der Waals surface area contributed by atoms with Crippen LogP contribution in [0.15, 0.2) is 39.9 Å². The molecule has 142 valence electrons. The van der Waals surface area contributed by atoms with E-state index in [1.807, 2.05) is 0 Å². The molecule has 5 nitrogen and oxygen atoms in total. The van der Waals surface area contributed by atoms with Crippen LogP contribution in [0.4, 0.5) is 4.39 Å². The van der Waals surface area contributed by atoms with Crippen LogP contribution in [0.1, 0.15) is 18.4 Å². The van der Waals surface area contributed by atoms with Crippen molar-refractivity contribution in [2.24, 2.45) is 5.92 Å². The van der Waals surface area contributed by atoms with Crippen LogP contribution in [0.2, 0.25) is 0 Å². The predicted molar refractivity (Wildman–Crippen MR) is 100 cm³/mol. The number of hydrogen-bond acceptors (Lipinski definition) is 5. The van der Waals surface area contributed by atoms with Gasteiger partial charge in [-0.25, -0.2) is 17.5 Å². The molecule has 8 heteroatoms. The van der Waals surface area contributed by atoms with Crippen molar-refractivity contribution in [1.82, 2.24) is 9.62 Å². The van der Waals surface area contributed by atoms with E-state index in [1.165, 1.54) is 24.8 Å². The summed E-state index contributed by atoms with van der Waals surface area (Å²) in [6, 6.07) is 5.81. The first-order valence-electron chi connectivity index (χ1n) is 8.54. The minimum Gasteiger partial charge on any atom is -0.494 e. The molecule has 0 atom stereocenters. The summed E-state index contributed by atoms with van der Waals surface area (Å²) in [5.41, 5.74) is 1.33. The molecule has 0 unspecified atom stereocenters. The second kappa shape index (κ2) is 8.47. The first-order valence-corrected chi connectivity index (χ1v) is 11.0. The molecule has 0 saturated carbocycles. The first kappa shape index (κ1) is 19.3. The van der Waals surface area contributed by atoms with Crippen molar-refractivity contribution in [3.8, 4) is 5.75 Å². The highest BCUT2D eigenvalue weighted by atomic mass is 32.2. The molecule has 0 amide bonds. The molecular formula is C18H23FN2O3S2. The van der Waals surface area contributed by atoms with Crippen LogP contribution < -0.4 is 9.46 Å². The first-order chi connectivity index (χ1) is 12.5. The van der Waals surface area contributed by atoms with E-state index in [0.717, 1.165) is 38.5 Å². The number of ether oxygens (including phenoxy) is 1. The van der Waals surface area contributed by atoms with Crippen LogP contribution in [0.3, 0.4) is 0 Å². The fraction of sp³-hybridized carbons (Fsp3) is 0.444. The van der Waals surface area contributed by atoms with E-state index in [9.17, 15) is 12.8 Å².